The minimum Gasteiger partial charge on any atom is -0.364 e. The molecule has 0 saturated carbocycles. The lowest BCUT2D eigenvalue weighted by molar-refractivity contribution is -0.142. The van der Waals surface area contributed by atoms with Gasteiger partial charge in [0.05, 0.1) is 24.2 Å². The number of hydrogen-bond acceptors (Lipinski definition) is 3. The lowest BCUT2D eigenvalue weighted by Gasteiger charge is -2.21. The first-order valence-electron chi connectivity index (χ1n) is 8.94. The Morgan fingerprint density at radius 2 is 1.85 bits per heavy atom. The van der Waals surface area contributed by atoms with Gasteiger partial charge in [0, 0.05) is 13.6 Å². The second-order valence-electron chi connectivity index (χ2n) is 6.39. The first kappa shape index (κ1) is 18.1. The number of hydrogen-bond donors (Lipinski definition) is 0. The van der Waals surface area contributed by atoms with Crippen molar-refractivity contribution in [3.8, 4) is 0 Å². The molecule has 0 saturated heterocycles. The Morgan fingerprint density at radius 3 is 2.58 bits per heavy atom. The molecule has 26 heavy (non-hydrogen) atoms. The van der Waals surface area contributed by atoms with E-state index >= 15 is 0 Å². The summed E-state index contributed by atoms with van der Waals surface area (Å²) in [7, 11) is 1.80. The van der Waals surface area contributed by atoms with Crippen LogP contribution in [0.1, 0.15) is 25.2 Å². The molecule has 0 spiro atoms. The van der Waals surface area contributed by atoms with Gasteiger partial charge in [0.1, 0.15) is 11.9 Å². The number of imidazole rings is 1. The maximum atomic E-state index is 12.6. The predicted molar refractivity (Wildman–Crippen MR) is 103 cm³/mol. The monoisotopic (exact) mass is 351 g/mol. The van der Waals surface area contributed by atoms with Gasteiger partial charge in [-0.05, 0) is 31.5 Å². The van der Waals surface area contributed by atoms with Crippen molar-refractivity contribution in [1.82, 2.24) is 14.5 Å². The molecule has 0 bridgehead atoms. The molecule has 1 unspecified atom stereocenters. The standard InChI is InChI=1S/C21H25N3O2/c1-4-24-19-13-9-8-12-18(19)22-20(24)14-23(3)21(25)16(2)26-15-17-10-6-5-7-11-17/h5-13,16H,4,14-15H2,1-3H3. The largest absolute Gasteiger partial charge is 0.364 e. The highest BCUT2D eigenvalue weighted by Crippen LogP contribution is 2.17. The second kappa shape index (κ2) is 8.15. The van der Waals surface area contributed by atoms with Gasteiger partial charge in [0.2, 0.25) is 0 Å². The van der Waals surface area contributed by atoms with Gasteiger partial charge in [-0.25, -0.2) is 4.98 Å². The average molecular weight is 351 g/mol. The van der Waals surface area contributed by atoms with Gasteiger partial charge in [-0.1, -0.05) is 42.5 Å². The average Bonchev–Trinajstić information content (AvgIpc) is 3.03. The van der Waals surface area contributed by atoms with E-state index in [9.17, 15) is 4.79 Å². The minimum absolute atomic E-state index is 0.0457. The molecular weight excluding hydrogens is 326 g/mol. The highest BCUT2D eigenvalue weighted by atomic mass is 16.5. The van der Waals surface area contributed by atoms with Crippen LogP contribution in [0.25, 0.3) is 11.0 Å². The van der Waals surface area contributed by atoms with Crippen molar-refractivity contribution in [3.05, 3.63) is 66.0 Å². The molecule has 0 aliphatic rings. The van der Waals surface area contributed by atoms with Crippen molar-refractivity contribution in [2.75, 3.05) is 7.05 Å². The molecule has 1 heterocycles. The van der Waals surface area contributed by atoms with E-state index in [0.29, 0.717) is 13.2 Å². The Labute approximate surface area is 154 Å². The molecule has 0 fully saturated rings. The molecule has 1 amide bonds. The lowest BCUT2D eigenvalue weighted by Crippen LogP contribution is -2.36. The van der Waals surface area contributed by atoms with Crippen molar-refractivity contribution < 1.29 is 9.53 Å². The fourth-order valence-electron chi connectivity index (χ4n) is 3.07. The van der Waals surface area contributed by atoms with Crippen LogP contribution in [-0.4, -0.2) is 33.5 Å². The Bertz CT molecular complexity index is 873. The number of rotatable bonds is 7. The molecule has 5 nitrogen and oxygen atoms in total. The zero-order valence-corrected chi connectivity index (χ0v) is 15.6. The molecule has 0 radical (unpaired) electrons. The number of fused-ring (bicyclic) bond motifs is 1. The number of carbonyl (C=O) groups is 1. The van der Waals surface area contributed by atoms with Crippen molar-refractivity contribution in [1.29, 1.82) is 0 Å². The van der Waals surface area contributed by atoms with Crippen molar-refractivity contribution in [3.63, 3.8) is 0 Å². The zero-order valence-electron chi connectivity index (χ0n) is 15.6. The predicted octanol–water partition coefficient (Wildman–Crippen LogP) is 3.62. The Kier molecular flexibility index (Phi) is 5.68. The molecule has 3 rings (SSSR count). The second-order valence-corrected chi connectivity index (χ2v) is 6.39. The van der Waals surface area contributed by atoms with Crippen molar-refractivity contribution >= 4 is 16.9 Å². The van der Waals surface area contributed by atoms with E-state index in [1.807, 2.05) is 48.5 Å². The summed E-state index contributed by atoms with van der Waals surface area (Å²) in [6.45, 7) is 5.59. The summed E-state index contributed by atoms with van der Waals surface area (Å²) >= 11 is 0. The van der Waals surface area contributed by atoms with Gasteiger partial charge in [-0.3, -0.25) is 4.79 Å². The molecule has 1 atom stereocenters. The fourth-order valence-corrected chi connectivity index (χ4v) is 3.07. The number of para-hydroxylation sites is 2. The Hall–Kier alpha value is -2.66. The van der Waals surface area contributed by atoms with Gasteiger partial charge in [0.25, 0.3) is 5.91 Å². The Balaban J connectivity index is 1.65. The van der Waals surface area contributed by atoms with Crippen LogP contribution in [0.4, 0.5) is 0 Å². The maximum Gasteiger partial charge on any atom is 0.251 e. The third-order valence-corrected chi connectivity index (χ3v) is 4.50. The summed E-state index contributed by atoms with van der Waals surface area (Å²) < 4.78 is 7.89. The smallest absolute Gasteiger partial charge is 0.251 e. The zero-order chi connectivity index (χ0) is 18.5. The molecule has 0 N–H and O–H groups in total. The summed E-state index contributed by atoms with van der Waals surface area (Å²) in [4.78, 5) is 19.0. The lowest BCUT2D eigenvalue weighted by atomic mass is 10.2. The molecule has 1 aromatic heterocycles. The summed E-state index contributed by atoms with van der Waals surface area (Å²) in [5.41, 5.74) is 3.11. The van der Waals surface area contributed by atoms with Gasteiger partial charge in [-0.2, -0.15) is 0 Å². The van der Waals surface area contributed by atoms with E-state index in [4.69, 9.17) is 4.74 Å². The molecular formula is C21H25N3O2. The molecule has 0 aliphatic heterocycles. The number of ether oxygens (including phenoxy) is 1. The van der Waals surface area contributed by atoms with Gasteiger partial charge in [0.15, 0.2) is 0 Å². The molecule has 2 aromatic carbocycles. The van der Waals surface area contributed by atoms with Crippen molar-refractivity contribution in [2.24, 2.45) is 0 Å². The van der Waals surface area contributed by atoms with Crippen LogP contribution in [0, 0.1) is 0 Å². The van der Waals surface area contributed by atoms with Crippen LogP contribution >= 0.6 is 0 Å². The summed E-state index contributed by atoms with van der Waals surface area (Å²) in [6, 6.07) is 17.9. The van der Waals surface area contributed by atoms with E-state index in [1.54, 1.807) is 18.9 Å². The van der Waals surface area contributed by atoms with Gasteiger partial charge in [-0.15, -0.1) is 0 Å². The number of amides is 1. The quantitative estimate of drug-likeness (QED) is 0.653. The van der Waals surface area contributed by atoms with Gasteiger partial charge >= 0.3 is 0 Å². The van der Waals surface area contributed by atoms with Crippen LogP contribution in [-0.2, 0) is 29.2 Å². The highest BCUT2D eigenvalue weighted by Gasteiger charge is 2.20. The van der Waals surface area contributed by atoms with E-state index in [2.05, 4.69) is 22.5 Å². The van der Waals surface area contributed by atoms with E-state index in [1.165, 1.54) is 0 Å². The van der Waals surface area contributed by atoms with E-state index in [-0.39, 0.29) is 5.91 Å². The molecule has 136 valence electrons. The highest BCUT2D eigenvalue weighted by molar-refractivity contribution is 5.80. The molecule has 3 aromatic rings. The number of aryl methyl sites for hydroxylation is 1. The summed E-state index contributed by atoms with van der Waals surface area (Å²) in [5.74, 6) is 0.843. The normalized spacial score (nSPS) is 12.3. The number of carbonyl (C=O) groups excluding carboxylic acids is 1. The number of likely N-dealkylation sites (N-methyl/N-ethyl adjacent to an activating group) is 1. The van der Waals surface area contributed by atoms with Crippen LogP contribution < -0.4 is 0 Å². The first-order chi connectivity index (χ1) is 12.6. The number of nitrogens with zero attached hydrogens (tertiary/aromatic N) is 3. The molecule has 0 aliphatic carbocycles. The molecule has 5 heteroatoms. The maximum absolute atomic E-state index is 12.6. The number of benzene rings is 2. The SMILES string of the molecule is CCn1c(CN(C)C(=O)C(C)OCc2ccccc2)nc2ccccc21. The minimum atomic E-state index is -0.500. The third-order valence-electron chi connectivity index (χ3n) is 4.50. The van der Waals surface area contributed by atoms with Crippen molar-refractivity contribution in [2.45, 2.75) is 39.6 Å². The van der Waals surface area contributed by atoms with Crippen LogP contribution in [0.5, 0.6) is 0 Å². The Morgan fingerprint density at radius 1 is 1.15 bits per heavy atom. The third kappa shape index (κ3) is 3.94. The topological polar surface area (TPSA) is 47.4 Å². The van der Waals surface area contributed by atoms with Crippen LogP contribution in [0.15, 0.2) is 54.6 Å². The summed E-state index contributed by atoms with van der Waals surface area (Å²) in [5, 5.41) is 0. The fraction of sp³-hybridized carbons (Fsp3) is 0.333. The van der Waals surface area contributed by atoms with Gasteiger partial charge < -0.3 is 14.2 Å². The van der Waals surface area contributed by atoms with Crippen LogP contribution in [0.3, 0.4) is 0 Å². The van der Waals surface area contributed by atoms with E-state index < -0.39 is 6.10 Å². The number of aromatic nitrogens is 2. The van der Waals surface area contributed by atoms with Crippen LogP contribution in [0.2, 0.25) is 0 Å². The van der Waals surface area contributed by atoms with E-state index in [0.717, 1.165) is 29.0 Å². The summed E-state index contributed by atoms with van der Waals surface area (Å²) in [6.07, 6.45) is -0.500. The first-order valence-corrected chi connectivity index (χ1v) is 8.94.